The van der Waals surface area contributed by atoms with E-state index in [1.54, 1.807) is 7.11 Å². The summed E-state index contributed by atoms with van der Waals surface area (Å²) in [6.45, 7) is 3.19. The predicted molar refractivity (Wildman–Crippen MR) is 106 cm³/mol. The number of fused-ring (bicyclic) bond motifs is 1. The maximum absolute atomic E-state index is 12.7. The van der Waals surface area contributed by atoms with Crippen molar-refractivity contribution < 1.29 is 14.3 Å². The summed E-state index contributed by atoms with van der Waals surface area (Å²) in [4.78, 5) is 26.8. The minimum absolute atomic E-state index is 0.0136. The maximum Gasteiger partial charge on any atom is 0.227 e. The highest BCUT2D eigenvalue weighted by Crippen LogP contribution is 2.27. The molecule has 1 heterocycles. The number of rotatable bonds is 7. The predicted octanol–water partition coefficient (Wildman–Crippen LogP) is 3.63. The molecule has 2 aromatic carbocycles. The molecule has 142 valence electrons. The van der Waals surface area contributed by atoms with Gasteiger partial charge in [0, 0.05) is 31.1 Å². The Hall–Kier alpha value is -2.82. The summed E-state index contributed by atoms with van der Waals surface area (Å²) in [6.07, 6.45) is 1.64. The van der Waals surface area contributed by atoms with E-state index in [2.05, 4.69) is 5.32 Å². The molecule has 5 nitrogen and oxygen atoms in total. The summed E-state index contributed by atoms with van der Waals surface area (Å²) in [7, 11) is 1.64. The van der Waals surface area contributed by atoms with Gasteiger partial charge in [0.05, 0.1) is 7.11 Å². The van der Waals surface area contributed by atoms with Crippen LogP contribution >= 0.6 is 0 Å². The van der Waals surface area contributed by atoms with Crippen molar-refractivity contribution in [3.63, 3.8) is 0 Å². The Morgan fingerprint density at radius 3 is 2.63 bits per heavy atom. The summed E-state index contributed by atoms with van der Waals surface area (Å²) in [6, 6.07) is 15.6. The number of carbonyl (C=O) groups excluding carboxylic acids is 2. The van der Waals surface area contributed by atoms with Crippen LogP contribution in [0.5, 0.6) is 5.75 Å². The van der Waals surface area contributed by atoms with Gasteiger partial charge < -0.3 is 15.0 Å². The Morgan fingerprint density at radius 2 is 1.93 bits per heavy atom. The van der Waals surface area contributed by atoms with Gasteiger partial charge in [-0.05, 0) is 49.1 Å². The Labute approximate surface area is 160 Å². The lowest BCUT2D eigenvalue weighted by Crippen LogP contribution is -2.33. The summed E-state index contributed by atoms with van der Waals surface area (Å²) in [5.74, 6) is 0.750. The van der Waals surface area contributed by atoms with Crippen LogP contribution in [0.15, 0.2) is 48.5 Å². The molecule has 1 N–H and O–H groups in total. The zero-order valence-electron chi connectivity index (χ0n) is 15.9. The molecule has 27 heavy (non-hydrogen) atoms. The minimum Gasteiger partial charge on any atom is -0.497 e. The normalized spacial score (nSPS) is 15.6. The van der Waals surface area contributed by atoms with Crippen molar-refractivity contribution in [2.24, 2.45) is 5.92 Å². The standard InChI is InChI=1S/C22H26N2O3/c1-3-24(15-16-8-11-19(27-2)12-9-16)21(25)13-10-18-14-17-6-4-5-7-20(17)23-22(18)26/h4-9,11-12,18H,3,10,13-15H2,1-2H3,(H,23,26). The molecule has 0 bridgehead atoms. The van der Waals surface area contributed by atoms with Crippen LogP contribution in [0.1, 0.15) is 30.9 Å². The van der Waals surface area contributed by atoms with Gasteiger partial charge in [-0.2, -0.15) is 0 Å². The minimum atomic E-state index is -0.149. The number of hydrogen-bond acceptors (Lipinski definition) is 3. The number of amides is 2. The SMILES string of the molecule is CCN(Cc1ccc(OC)cc1)C(=O)CCC1Cc2ccccc2NC1=O. The van der Waals surface area contributed by atoms with E-state index in [9.17, 15) is 9.59 Å². The molecule has 2 amide bonds. The highest BCUT2D eigenvalue weighted by Gasteiger charge is 2.26. The third kappa shape index (κ3) is 4.67. The Morgan fingerprint density at radius 1 is 1.19 bits per heavy atom. The smallest absolute Gasteiger partial charge is 0.227 e. The number of methoxy groups -OCH3 is 1. The molecule has 2 aromatic rings. The molecular formula is C22H26N2O3. The van der Waals surface area contributed by atoms with E-state index in [4.69, 9.17) is 4.74 Å². The largest absolute Gasteiger partial charge is 0.497 e. The number of anilines is 1. The van der Waals surface area contributed by atoms with Crippen molar-refractivity contribution in [3.05, 3.63) is 59.7 Å². The lowest BCUT2D eigenvalue weighted by Gasteiger charge is -2.26. The number of hydrogen-bond donors (Lipinski definition) is 1. The lowest BCUT2D eigenvalue weighted by atomic mass is 9.89. The fourth-order valence-corrected chi connectivity index (χ4v) is 3.43. The van der Waals surface area contributed by atoms with Crippen LogP contribution in [0.25, 0.3) is 0 Å². The summed E-state index contributed by atoms with van der Waals surface area (Å²) in [5, 5.41) is 2.95. The van der Waals surface area contributed by atoms with Crippen LogP contribution in [0.2, 0.25) is 0 Å². The van der Waals surface area contributed by atoms with Crippen LogP contribution in [0.4, 0.5) is 5.69 Å². The zero-order valence-corrected chi connectivity index (χ0v) is 15.9. The van der Waals surface area contributed by atoms with E-state index in [0.717, 1.165) is 22.6 Å². The van der Waals surface area contributed by atoms with Gasteiger partial charge in [0.2, 0.25) is 11.8 Å². The molecule has 0 aromatic heterocycles. The molecule has 3 rings (SSSR count). The third-order valence-electron chi connectivity index (χ3n) is 5.09. The number of benzene rings is 2. The summed E-state index contributed by atoms with van der Waals surface area (Å²) < 4.78 is 5.17. The molecule has 1 unspecified atom stereocenters. The Kier molecular flexibility index (Phi) is 6.12. The van der Waals surface area contributed by atoms with Crippen molar-refractivity contribution >= 4 is 17.5 Å². The lowest BCUT2D eigenvalue weighted by molar-refractivity contribution is -0.132. The van der Waals surface area contributed by atoms with Crippen molar-refractivity contribution in [1.82, 2.24) is 4.90 Å². The first-order chi connectivity index (χ1) is 13.1. The second-order valence-electron chi connectivity index (χ2n) is 6.84. The van der Waals surface area contributed by atoms with Gasteiger partial charge in [0.25, 0.3) is 0 Å². The first-order valence-electron chi connectivity index (χ1n) is 9.40. The van der Waals surface area contributed by atoms with Gasteiger partial charge >= 0.3 is 0 Å². The van der Waals surface area contributed by atoms with E-state index >= 15 is 0 Å². The van der Waals surface area contributed by atoms with Crippen molar-refractivity contribution in [3.8, 4) is 5.75 Å². The molecular weight excluding hydrogens is 340 g/mol. The second kappa shape index (κ2) is 8.71. The first kappa shape index (κ1) is 19.0. The van der Waals surface area contributed by atoms with Crippen LogP contribution in [0, 0.1) is 5.92 Å². The van der Waals surface area contributed by atoms with Crippen molar-refractivity contribution in [2.45, 2.75) is 32.7 Å². The van der Waals surface area contributed by atoms with E-state index in [1.807, 2.05) is 60.4 Å². The van der Waals surface area contributed by atoms with Crippen molar-refractivity contribution in [2.75, 3.05) is 19.0 Å². The fraction of sp³-hybridized carbons (Fsp3) is 0.364. The highest BCUT2D eigenvalue weighted by molar-refractivity contribution is 5.96. The topological polar surface area (TPSA) is 58.6 Å². The van der Waals surface area contributed by atoms with Crippen LogP contribution in [-0.2, 0) is 22.6 Å². The van der Waals surface area contributed by atoms with Gasteiger partial charge in [0.15, 0.2) is 0 Å². The molecule has 5 heteroatoms. The van der Waals surface area contributed by atoms with E-state index < -0.39 is 0 Å². The Bertz CT molecular complexity index is 801. The molecule has 0 saturated carbocycles. The molecule has 1 atom stereocenters. The van der Waals surface area contributed by atoms with Crippen LogP contribution in [-0.4, -0.2) is 30.4 Å². The maximum atomic E-state index is 12.7. The first-order valence-corrected chi connectivity index (χ1v) is 9.40. The average molecular weight is 366 g/mol. The van der Waals surface area contributed by atoms with Crippen LogP contribution < -0.4 is 10.1 Å². The number of nitrogens with one attached hydrogen (secondary N) is 1. The van der Waals surface area contributed by atoms with Crippen molar-refractivity contribution in [1.29, 1.82) is 0 Å². The fourth-order valence-electron chi connectivity index (χ4n) is 3.43. The van der Waals surface area contributed by atoms with E-state index in [-0.39, 0.29) is 17.7 Å². The summed E-state index contributed by atoms with van der Waals surface area (Å²) >= 11 is 0. The number of carbonyl (C=O) groups is 2. The second-order valence-corrected chi connectivity index (χ2v) is 6.84. The molecule has 1 aliphatic heterocycles. The highest BCUT2D eigenvalue weighted by atomic mass is 16.5. The molecule has 0 spiro atoms. The van der Waals surface area contributed by atoms with Gasteiger partial charge in [-0.25, -0.2) is 0 Å². The number of nitrogens with zero attached hydrogens (tertiary/aromatic N) is 1. The Balaban J connectivity index is 1.56. The van der Waals surface area contributed by atoms with Crippen LogP contribution in [0.3, 0.4) is 0 Å². The zero-order chi connectivity index (χ0) is 19.2. The van der Waals surface area contributed by atoms with Gasteiger partial charge in [-0.3, -0.25) is 9.59 Å². The monoisotopic (exact) mass is 366 g/mol. The van der Waals surface area contributed by atoms with Gasteiger partial charge in [0.1, 0.15) is 5.75 Å². The molecule has 1 aliphatic rings. The number of ether oxygens (including phenoxy) is 1. The van der Waals surface area contributed by atoms with Gasteiger partial charge in [-0.15, -0.1) is 0 Å². The molecule has 0 radical (unpaired) electrons. The molecule has 0 saturated heterocycles. The molecule has 0 fully saturated rings. The van der Waals surface area contributed by atoms with E-state index in [0.29, 0.717) is 32.4 Å². The summed E-state index contributed by atoms with van der Waals surface area (Å²) in [5.41, 5.74) is 3.09. The quantitative estimate of drug-likeness (QED) is 0.814. The average Bonchev–Trinajstić information content (AvgIpc) is 2.70. The third-order valence-corrected chi connectivity index (χ3v) is 5.09. The van der Waals surface area contributed by atoms with Gasteiger partial charge in [-0.1, -0.05) is 30.3 Å². The van der Waals surface area contributed by atoms with E-state index in [1.165, 1.54) is 0 Å². The molecule has 0 aliphatic carbocycles. The number of para-hydroxylation sites is 1.